The number of aliphatic carboxylic acids is 1. The van der Waals surface area contributed by atoms with Crippen molar-refractivity contribution < 1.29 is 9.90 Å². The van der Waals surface area contributed by atoms with Crippen molar-refractivity contribution >= 4 is 5.97 Å². The Balaban J connectivity index is 1.99. The van der Waals surface area contributed by atoms with Crippen LogP contribution in [0.25, 0.3) is 0 Å². The number of carboxylic acids is 1. The number of carboxylic acid groups (broad SMARTS) is 1. The molecular weight excluding hydrogens is 202 g/mol. The van der Waals surface area contributed by atoms with Gasteiger partial charge in [-0.2, -0.15) is 0 Å². The lowest BCUT2D eigenvalue weighted by molar-refractivity contribution is -0.139. The zero-order valence-electron chi connectivity index (χ0n) is 10.5. The van der Waals surface area contributed by atoms with Crippen LogP contribution in [0.3, 0.4) is 0 Å². The summed E-state index contributed by atoms with van der Waals surface area (Å²) in [7, 11) is 0. The molecule has 1 aliphatic carbocycles. The Bertz CT molecular complexity index is 282. The Hall–Kier alpha value is -0.570. The number of hydrogen-bond donors (Lipinski definition) is 2. The smallest absolute Gasteiger partial charge is 0.320 e. The van der Waals surface area contributed by atoms with Crippen molar-refractivity contribution in [2.24, 2.45) is 17.3 Å². The van der Waals surface area contributed by atoms with E-state index in [-0.39, 0.29) is 6.04 Å². The average Bonchev–Trinajstić information content (AvgIpc) is 2.58. The second-order valence-electron chi connectivity index (χ2n) is 6.54. The molecule has 2 rings (SSSR count). The molecule has 16 heavy (non-hydrogen) atoms. The molecule has 0 radical (unpaired) electrons. The first-order valence-electron chi connectivity index (χ1n) is 6.37. The fraction of sp³-hybridized carbons (Fsp3) is 0.923. The van der Waals surface area contributed by atoms with Crippen LogP contribution in [0.4, 0.5) is 0 Å². The van der Waals surface area contributed by atoms with Crippen LogP contribution in [-0.4, -0.2) is 23.2 Å². The predicted molar refractivity (Wildman–Crippen MR) is 63.3 cm³/mol. The van der Waals surface area contributed by atoms with Gasteiger partial charge in [-0.05, 0) is 42.9 Å². The van der Waals surface area contributed by atoms with Gasteiger partial charge in [0.05, 0.1) is 0 Å². The minimum atomic E-state index is -0.679. The first-order chi connectivity index (χ1) is 7.38. The summed E-state index contributed by atoms with van der Waals surface area (Å²) in [6.07, 6.45) is 4.44. The zero-order chi connectivity index (χ0) is 11.9. The molecule has 0 amide bonds. The van der Waals surface area contributed by atoms with Crippen molar-refractivity contribution in [2.45, 2.75) is 58.5 Å². The van der Waals surface area contributed by atoms with Crippen molar-refractivity contribution in [3.63, 3.8) is 0 Å². The molecule has 0 aromatic heterocycles. The Kier molecular flexibility index (Phi) is 2.99. The van der Waals surface area contributed by atoms with E-state index in [1.165, 1.54) is 12.8 Å². The van der Waals surface area contributed by atoms with E-state index in [0.29, 0.717) is 17.4 Å². The van der Waals surface area contributed by atoms with Gasteiger partial charge < -0.3 is 10.4 Å². The molecule has 0 spiro atoms. The van der Waals surface area contributed by atoms with E-state index in [0.717, 1.165) is 18.8 Å². The van der Waals surface area contributed by atoms with Crippen LogP contribution in [0.5, 0.6) is 0 Å². The van der Waals surface area contributed by atoms with E-state index in [4.69, 9.17) is 5.11 Å². The predicted octanol–water partition coefficient (Wildman–Crippen LogP) is 2.26. The lowest BCUT2D eigenvalue weighted by atomic mass is 9.68. The first-order valence-corrected chi connectivity index (χ1v) is 6.37. The summed E-state index contributed by atoms with van der Waals surface area (Å²) in [5.74, 6) is 0.648. The van der Waals surface area contributed by atoms with Crippen LogP contribution >= 0.6 is 0 Å². The van der Waals surface area contributed by atoms with Gasteiger partial charge in [-0.1, -0.05) is 20.8 Å². The lowest BCUT2D eigenvalue weighted by Gasteiger charge is -2.39. The molecule has 1 saturated carbocycles. The summed E-state index contributed by atoms with van der Waals surface area (Å²) in [6, 6.07) is 0.146. The van der Waals surface area contributed by atoms with Crippen molar-refractivity contribution in [1.29, 1.82) is 0 Å². The van der Waals surface area contributed by atoms with Crippen LogP contribution in [0.1, 0.15) is 46.5 Å². The maximum Gasteiger partial charge on any atom is 0.320 e. The van der Waals surface area contributed by atoms with E-state index in [2.05, 4.69) is 26.1 Å². The van der Waals surface area contributed by atoms with Gasteiger partial charge >= 0.3 is 5.97 Å². The van der Waals surface area contributed by atoms with Gasteiger partial charge in [0, 0.05) is 6.04 Å². The molecule has 0 aromatic rings. The number of fused-ring (bicyclic) bond motifs is 1. The second-order valence-corrected chi connectivity index (χ2v) is 6.54. The molecule has 2 aliphatic rings. The summed E-state index contributed by atoms with van der Waals surface area (Å²) in [5, 5.41) is 12.3. The van der Waals surface area contributed by atoms with Crippen molar-refractivity contribution in [3.8, 4) is 0 Å². The van der Waals surface area contributed by atoms with E-state index in [1.54, 1.807) is 0 Å². The van der Waals surface area contributed by atoms with Gasteiger partial charge in [-0.3, -0.25) is 4.79 Å². The first kappa shape index (κ1) is 11.9. The summed E-state index contributed by atoms with van der Waals surface area (Å²) < 4.78 is 0. The molecule has 3 heteroatoms. The Morgan fingerprint density at radius 3 is 2.50 bits per heavy atom. The normalized spacial score (nSPS) is 39.4. The zero-order valence-corrected chi connectivity index (χ0v) is 10.5. The number of rotatable bonds is 1. The number of hydrogen-bond acceptors (Lipinski definition) is 2. The Morgan fingerprint density at radius 1 is 1.25 bits per heavy atom. The Labute approximate surface area is 97.6 Å². The molecule has 2 fully saturated rings. The Morgan fingerprint density at radius 2 is 1.94 bits per heavy atom. The van der Waals surface area contributed by atoms with Gasteiger partial charge in [0.2, 0.25) is 0 Å². The van der Waals surface area contributed by atoms with Crippen LogP contribution in [-0.2, 0) is 4.79 Å². The highest BCUT2D eigenvalue weighted by Crippen LogP contribution is 2.43. The van der Waals surface area contributed by atoms with Crippen LogP contribution in [0.2, 0.25) is 0 Å². The third-order valence-electron chi connectivity index (χ3n) is 4.47. The van der Waals surface area contributed by atoms with Gasteiger partial charge in [-0.15, -0.1) is 0 Å². The maximum absolute atomic E-state index is 11.0. The van der Waals surface area contributed by atoms with E-state index < -0.39 is 5.97 Å². The molecule has 1 heterocycles. The molecule has 2 N–H and O–H groups in total. The topological polar surface area (TPSA) is 49.3 Å². The highest BCUT2D eigenvalue weighted by atomic mass is 16.4. The standard InChI is InChI=1S/C13H23NO2/c1-13(2,3)9-5-4-8-6-11(12(15)16)14-10(8)7-9/h8-11,14H,4-7H2,1-3H3,(H,15,16). The van der Waals surface area contributed by atoms with Crippen LogP contribution in [0.15, 0.2) is 0 Å². The molecule has 0 bridgehead atoms. The van der Waals surface area contributed by atoms with Crippen molar-refractivity contribution in [3.05, 3.63) is 0 Å². The van der Waals surface area contributed by atoms with Crippen LogP contribution < -0.4 is 5.32 Å². The SMILES string of the molecule is CC(C)(C)C1CCC2CC(C(=O)O)NC2C1. The van der Waals surface area contributed by atoms with E-state index in [9.17, 15) is 4.79 Å². The van der Waals surface area contributed by atoms with E-state index >= 15 is 0 Å². The summed E-state index contributed by atoms with van der Waals surface area (Å²) in [4.78, 5) is 11.0. The molecule has 0 aromatic carbocycles. The largest absolute Gasteiger partial charge is 0.480 e. The fourth-order valence-electron chi connectivity index (χ4n) is 3.31. The average molecular weight is 225 g/mol. The molecular formula is C13H23NO2. The molecule has 4 unspecified atom stereocenters. The van der Waals surface area contributed by atoms with Crippen molar-refractivity contribution in [1.82, 2.24) is 5.32 Å². The minimum absolute atomic E-state index is 0.297. The third kappa shape index (κ3) is 2.24. The van der Waals surface area contributed by atoms with Gasteiger partial charge in [-0.25, -0.2) is 0 Å². The summed E-state index contributed by atoms with van der Waals surface area (Å²) in [6.45, 7) is 6.88. The van der Waals surface area contributed by atoms with Crippen LogP contribution in [0, 0.1) is 17.3 Å². The molecule has 1 saturated heterocycles. The maximum atomic E-state index is 11.0. The number of carbonyl (C=O) groups is 1. The van der Waals surface area contributed by atoms with Gasteiger partial charge in [0.15, 0.2) is 0 Å². The monoisotopic (exact) mass is 225 g/mol. The highest BCUT2D eigenvalue weighted by molar-refractivity contribution is 5.74. The summed E-state index contributed by atoms with van der Waals surface area (Å²) in [5.41, 5.74) is 0.355. The fourth-order valence-corrected chi connectivity index (χ4v) is 3.31. The quantitative estimate of drug-likeness (QED) is 0.719. The van der Waals surface area contributed by atoms with Gasteiger partial charge in [0.1, 0.15) is 6.04 Å². The molecule has 4 atom stereocenters. The van der Waals surface area contributed by atoms with E-state index in [1.807, 2.05) is 0 Å². The molecule has 92 valence electrons. The van der Waals surface area contributed by atoms with Crippen molar-refractivity contribution in [2.75, 3.05) is 0 Å². The molecule has 3 nitrogen and oxygen atoms in total. The third-order valence-corrected chi connectivity index (χ3v) is 4.47. The number of nitrogens with one attached hydrogen (secondary N) is 1. The molecule has 1 aliphatic heterocycles. The van der Waals surface area contributed by atoms with Gasteiger partial charge in [0.25, 0.3) is 0 Å². The lowest BCUT2D eigenvalue weighted by Crippen LogP contribution is -2.41. The highest BCUT2D eigenvalue weighted by Gasteiger charge is 2.42. The second kappa shape index (κ2) is 4.02. The minimum Gasteiger partial charge on any atom is -0.480 e. The summed E-state index contributed by atoms with van der Waals surface area (Å²) >= 11 is 0.